The molecular weight excluding hydrogens is 304 g/mol. The third kappa shape index (κ3) is 4.87. The van der Waals surface area contributed by atoms with Gasteiger partial charge in [-0.05, 0) is 43.9 Å². The van der Waals surface area contributed by atoms with Gasteiger partial charge in [0.2, 0.25) is 0 Å². The van der Waals surface area contributed by atoms with E-state index in [1.54, 1.807) is 14.2 Å². The molecule has 134 valence electrons. The topological polar surface area (TPSA) is 64.2 Å². The molecular formula is C19H31N2O3+. The Morgan fingerprint density at radius 3 is 2.71 bits per heavy atom. The summed E-state index contributed by atoms with van der Waals surface area (Å²) < 4.78 is 10.7. The number of ether oxygens (including phenoxy) is 2. The van der Waals surface area contributed by atoms with Crippen molar-refractivity contribution in [2.45, 2.75) is 51.6 Å². The molecule has 0 radical (unpaired) electrons. The Bertz CT molecular complexity index is 547. The zero-order chi connectivity index (χ0) is 17.5. The van der Waals surface area contributed by atoms with Gasteiger partial charge in [0.15, 0.2) is 6.54 Å². The molecule has 1 fully saturated rings. The largest absolute Gasteiger partial charge is 0.497 e. The average molecular weight is 335 g/mol. The lowest BCUT2D eigenvalue weighted by atomic mass is 9.86. The molecule has 0 aromatic heterocycles. The van der Waals surface area contributed by atoms with Crippen LogP contribution in [-0.2, 0) is 4.79 Å². The summed E-state index contributed by atoms with van der Waals surface area (Å²) >= 11 is 0. The number of benzene rings is 1. The summed E-state index contributed by atoms with van der Waals surface area (Å²) in [6, 6.07) is 6.21. The quantitative estimate of drug-likeness (QED) is 0.801. The van der Waals surface area contributed by atoms with Crippen LogP contribution in [0.2, 0.25) is 0 Å². The van der Waals surface area contributed by atoms with Gasteiger partial charge in [0.25, 0.3) is 5.91 Å². The molecule has 1 aromatic carbocycles. The van der Waals surface area contributed by atoms with Gasteiger partial charge in [0.1, 0.15) is 17.5 Å². The van der Waals surface area contributed by atoms with Crippen LogP contribution >= 0.6 is 0 Å². The zero-order valence-corrected chi connectivity index (χ0v) is 15.3. The molecule has 1 saturated carbocycles. The third-order valence-corrected chi connectivity index (χ3v) is 5.04. The monoisotopic (exact) mass is 335 g/mol. The second-order valence-electron chi connectivity index (χ2n) is 6.77. The number of nitrogens with one attached hydrogen (secondary N) is 1. The fourth-order valence-electron chi connectivity index (χ4n) is 3.40. The SMILES string of the molecule is COc1ccc(OC)c([C@H](C)[NH2+]CC(=O)N[C@@H]2CCCC[C@H]2C)c1. The van der Waals surface area contributed by atoms with Crippen LogP contribution in [0.1, 0.15) is 51.1 Å². The van der Waals surface area contributed by atoms with E-state index in [0.717, 1.165) is 23.5 Å². The van der Waals surface area contributed by atoms with Gasteiger partial charge in [-0.2, -0.15) is 0 Å². The summed E-state index contributed by atoms with van der Waals surface area (Å²) in [5, 5.41) is 5.24. The highest BCUT2D eigenvalue weighted by molar-refractivity contribution is 5.77. The first-order valence-electron chi connectivity index (χ1n) is 8.89. The normalized spacial score (nSPS) is 21.8. The van der Waals surface area contributed by atoms with E-state index in [4.69, 9.17) is 9.47 Å². The molecule has 0 aliphatic heterocycles. The Hall–Kier alpha value is -1.75. The predicted molar refractivity (Wildman–Crippen MR) is 94.3 cm³/mol. The van der Waals surface area contributed by atoms with E-state index in [1.165, 1.54) is 19.3 Å². The molecule has 5 heteroatoms. The van der Waals surface area contributed by atoms with Crippen molar-refractivity contribution in [1.82, 2.24) is 5.32 Å². The molecule has 1 aliphatic rings. The zero-order valence-electron chi connectivity index (χ0n) is 15.3. The summed E-state index contributed by atoms with van der Waals surface area (Å²) in [4.78, 5) is 12.3. The summed E-state index contributed by atoms with van der Waals surface area (Å²) in [5.74, 6) is 2.31. The molecule has 1 aromatic rings. The van der Waals surface area contributed by atoms with Crippen molar-refractivity contribution in [3.63, 3.8) is 0 Å². The molecule has 24 heavy (non-hydrogen) atoms. The number of carbonyl (C=O) groups is 1. The number of hydrogen-bond donors (Lipinski definition) is 2. The molecule has 0 bridgehead atoms. The van der Waals surface area contributed by atoms with Crippen molar-refractivity contribution < 1.29 is 19.6 Å². The summed E-state index contributed by atoms with van der Waals surface area (Å²) in [5.41, 5.74) is 1.04. The Morgan fingerprint density at radius 1 is 1.29 bits per heavy atom. The number of hydrogen-bond acceptors (Lipinski definition) is 3. The first-order chi connectivity index (χ1) is 11.5. The van der Waals surface area contributed by atoms with Gasteiger partial charge >= 0.3 is 0 Å². The van der Waals surface area contributed by atoms with Crippen molar-refractivity contribution in [3.05, 3.63) is 23.8 Å². The van der Waals surface area contributed by atoms with Gasteiger partial charge in [-0.15, -0.1) is 0 Å². The highest BCUT2D eigenvalue weighted by Crippen LogP contribution is 2.27. The van der Waals surface area contributed by atoms with Gasteiger partial charge in [0, 0.05) is 6.04 Å². The first-order valence-corrected chi connectivity index (χ1v) is 8.89. The average Bonchev–Trinajstić information content (AvgIpc) is 2.61. The summed E-state index contributed by atoms with van der Waals surface area (Å²) in [6.45, 7) is 4.73. The maximum atomic E-state index is 12.3. The van der Waals surface area contributed by atoms with E-state index in [0.29, 0.717) is 18.5 Å². The van der Waals surface area contributed by atoms with Crippen LogP contribution in [-0.4, -0.2) is 32.7 Å². The number of rotatable bonds is 7. The van der Waals surface area contributed by atoms with Crippen LogP contribution < -0.4 is 20.1 Å². The lowest BCUT2D eigenvalue weighted by Crippen LogP contribution is -2.87. The van der Waals surface area contributed by atoms with Crippen molar-refractivity contribution in [3.8, 4) is 11.5 Å². The highest BCUT2D eigenvalue weighted by Gasteiger charge is 2.24. The van der Waals surface area contributed by atoms with Crippen molar-refractivity contribution >= 4 is 5.91 Å². The predicted octanol–water partition coefficient (Wildman–Crippen LogP) is 2.02. The number of amides is 1. The highest BCUT2D eigenvalue weighted by atomic mass is 16.5. The second-order valence-corrected chi connectivity index (χ2v) is 6.77. The molecule has 5 nitrogen and oxygen atoms in total. The number of nitrogens with two attached hydrogens (primary N) is 1. The fourth-order valence-corrected chi connectivity index (χ4v) is 3.40. The molecule has 0 spiro atoms. The second kappa shape index (κ2) is 8.92. The van der Waals surface area contributed by atoms with E-state index >= 15 is 0 Å². The molecule has 1 aliphatic carbocycles. The Balaban J connectivity index is 1.90. The Kier molecular flexibility index (Phi) is 6.91. The molecule has 0 unspecified atom stereocenters. The van der Waals surface area contributed by atoms with Gasteiger partial charge in [0.05, 0.1) is 19.8 Å². The smallest absolute Gasteiger partial charge is 0.275 e. The Morgan fingerprint density at radius 2 is 2.04 bits per heavy atom. The van der Waals surface area contributed by atoms with Crippen LogP contribution in [0.15, 0.2) is 18.2 Å². The summed E-state index contributed by atoms with van der Waals surface area (Å²) in [7, 11) is 3.31. The van der Waals surface area contributed by atoms with Crippen molar-refractivity contribution in [1.29, 1.82) is 0 Å². The van der Waals surface area contributed by atoms with Crippen molar-refractivity contribution in [2.75, 3.05) is 20.8 Å². The standard InChI is InChI=1S/C19H30N2O3/c1-13-7-5-6-8-17(13)21-19(22)12-20-14(2)16-11-15(23-3)9-10-18(16)24-4/h9-11,13-14,17,20H,5-8,12H2,1-4H3,(H,21,22)/p+1/t13-,14+,17-/m1/s1. The number of carbonyl (C=O) groups excluding carboxylic acids is 1. The third-order valence-electron chi connectivity index (χ3n) is 5.04. The lowest BCUT2D eigenvalue weighted by Gasteiger charge is -2.29. The van der Waals surface area contributed by atoms with Crippen LogP contribution in [0.5, 0.6) is 11.5 Å². The van der Waals surface area contributed by atoms with Crippen molar-refractivity contribution in [2.24, 2.45) is 5.92 Å². The van der Waals surface area contributed by atoms with Gasteiger partial charge in [-0.25, -0.2) is 0 Å². The Labute approximate surface area is 145 Å². The minimum absolute atomic E-state index is 0.113. The van der Waals surface area contributed by atoms with E-state index < -0.39 is 0 Å². The lowest BCUT2D eigenvalue weighted by molar-refractivity contribution is -0.682. The van der Waals surface area contributed by atoms with Crippen LogP contribution in [0, 0.1) is 5.92 Å². The van der Waals surface area contributed by atoms with Gasteiger partial charge in [-0.1, -0.05) is 19.8 Å². The maximum Gasteiger partial charge on any atom is 0.275 e. The molecule has 0 saturated heterocycles. The molecule has 1 amide bonds. The first kappa shape index (κ1) is 18.6. The van der Waals surface area contributed by atoms with E-state index in [1.807, 2.05) is 23.5 Å². The van der Waals surface area contributed by atoms with E-state index in [2.05, 4.69) is 19.2 Å². The minimum atomic E-state index is 0.113. The molecule has 2 rings (SSSR count). The molecule has 0 heterocycles. The summed E-state index contributed by atoms with van der Waals surface area (Å²) in [6.07, 6.45) is 4.82. The number of quaternary nitrogens is 1. The number of methoxy groups -OCH3 is 2. The minimum Gasteiger partial charge on any atom is -0.497 e. The maximum absolute atomic E-state index is 12.3. The fraction of sp³-hybridized carbons (Fsp3) is 0.632. The van der Waals surface area contributed by atoms with E-state index in [-0.39, 0.29) is 11.9 Å². The molecule has 3 atom stereocenters. The van der Waals surface area contributed by atoms with Gasteiger partial charge < -0.3 is 20.1 Å². The van der Waals surface area contributed by atoms with Crippen LogP contribution in [0.3, 0.4) is 0 Å². The molecule has 3 N–H and O–H groups in total. The van der Waals surface area contributed by atoms with Crippen LogP contribution in [0.4, 0.5) is 0 Å². The van der Waals surface area contributed by atoms with E-state index in [9.17, 15) is 4.79 Å². The van der Waals surface area contributed by atoms with Crippen LogP contribution in [0.25, 0.3) is 0 Å². The van der Waals surface area contributed by atoms with Gasteiger partial charge in [-0.3, -0.25) is 4.79 Å².